The molecule has 0 N–H and O–H groups in total. The first kappa shape index (κ1) is 14.9. The van der Waals surface area contributed by atoms with Crippen LogP contribution in [0.1, 0.15) is 19.4 Å². The maximum absolute atomic E-state index is 13.2. The highest BCUT2D eigenvalue weighted by Crippen LogP contribution is 2.18. The fraction of sp³-hybridized carbons (Fsp3) is 0.600. The zero-order valence-corrected chi connectivity index (χ0v) is 13.3. The van der Waals surface area contributed by atoms with E-state index in [-0.39, 0.29) is 5.82 Å². The summed E-state index contributed by atoms with van der Waals surface area (Å²) in [7, 11) is 0. The van der Waals surface area contributed by atoms with Crippen molar-refractivity contribution in [1.82, 2.24) is 9.80 Å². The van der Waals surface area contributed by atoms with Gasteiger partial charge in [-0.25, -0.2) is 4.39 Å². The molecule has 106 valence electrons. The minimum absolute atomic E-state index is 0.189. The van der Waals surface area contributed by atoms with E-state index in [1.807, 2.05) is 12.1 Å². The quantitative estimate of drug-likeness (QED) is 0.836. The predicted molar refractivity (Wildman–Crippen MR) is 80.7 cm³/mol. The van der Waals surface area contributed by atoms with Crippen molar-refractivity contribution in [3.05, 3.63) is 34.1 Å². The van der Waals surface area contributed by atoms with E-state index < -0.39 is 0 Å². The predicted octanol–water partition coefficient (Wildman–Crippen LogP) is 3.36. The number of halogens is 2. The van der Waals surface area contributed by atoms with Crippen LogP contribution in [0.5, 0.6) is 0 Å². The Balaban J connectivity index is 1.83. The molecule has 1 aromatic rings. The molecule has 0 amide bonds. The first-order valence-electron chi connectivity index (χ1n) is 6.93. The molecule has 0 radical (unpaired) electrons. The molecular formula is C15H22BrFN2. The van der Waals surface area contributed by atoms with E-state index in [4.69, 9.17) is 0 Å². The maximum Gasteiger partial charge on any atom is 0.137 e. The van der Waals surface area contributed by atoms with Crippen LogP contribution in [-0.4, -0.2) is 42.5 Å². The van der Waals surface area contributed by atoms with Gasteiger partial charge >= 0.3 is 0 Å². The average Bonchev–Trinajstić information content (AvgIpc) is 2.36. The van der Waals surface area contributed by atoms with Gasteiger partial charge in [-0.2, -0.15) is 0 Å². The molecule has 1 heterocycles. The lowest BCUT2D eigenvalue weighted by Gasteiger charge is -2.35. The standard InChI is InChI=1S/C15H22BrFN2/c1-12(2)10-18-5-7-19(8-6-18)11-13-3-4-15(17)14(16)9-13/h3-4,9,12H,5-8,10-11H2,1-2H3. The Labute approximate surface area is 123 Å². The Kier molecular flexibility index (Phi) is 5.37. The SMILES string of the molecule is CC(C)CN1CCN(Cc2ccc(F)c(Br)c2)CC1. The van der Waals surface area contributed by atoms with Gasteiger partial charge in [0.25, 0.3) is 0 Å². The van der Waals surface area contributed by atoms with Gasteiger partial charge in [-0.15, -0.1) is 0 Å². The van der Waals surface area contributed by atoms with Gasteiger partial charge in [-0.1, -0.05) is 19.9 Å². The Morgan fingerprint density at radius 2 is 1.79 bits per heavy atom. The van der Waals surface area contributed by atoms with E-state index in [0.29, 0.717) is 4.47 Å². The molecule has 0 unspecified atom stereocenters. The van der Waals surface area contributed by atoms with Crippen LogP contribution in [0, 0.1) is 11.7 Å². The van der Waals surface area contributed by atoms with Gasteiger partial charge in [0.15, 0.2) is 0 Å². The first-order valence-corrected chi connectivity index (χ1v) is 7.72. The van der Waals surface area contributed by atoms with Crippen molar-refractivity contribution in [2.45, 2.75) is 20.4 Å². The third-order valence-corrected chi connectivity index (χ3v) is 4.09. The van der Waals surface area contributed by atoms with E-state index >= 15 is 0 Å². The van der Waals surface area contributed by atoms with Gasteiger partial charge in [0.05, 0.1) is 4.47 Å². The fourth-order valence-electron chi connectivity index (χ4n) is 2.54. The summed E-state index contributed by atoms with van der Waals surface area (Å²) in [5.74, 6) is 0.546. The molecule has 0 spiro atoms. The third kappa shape index (κ3) is 4.55. The molecule has 0 aliphatic carbocycles. The summed E-state index contributed by atoms with van der Waals surface area (Å²) in [6, 6.07) is 5.30. The van der Waals surface area contributed by atoms with Gasteiger partial charge < -0.3 is 4.90 Å². The zero-order chi connectivity index (χ0) is 13.8. The number of hydrogen-bond acceptors (Lipinski definition) is 2. The van der Waals surface area contributed by atoms with Crippen molar-refractivity contribution in [1.29, 1.82) is 0 Å². The molecule has 1 aromatic carbocycles. The summed E-state index contributed by atoms with van der Waals surface area (Å²) < 4.78 is 13.7. The van der Waals surface area contributed by atoms with Gasteiger partial charge in [0.1, 0.15) is 5.82 Å². The van der Waals surface area contributed by atoms with Crippen molar-refractivity contribution >= 4 is 15.9 Å². The molecule has 0 aromatic heterocycles. The third-order valence-electron chi connectivity index (χ3n) is 3.48. The number of piperazine rings is 1. The van der Waals surface area contributed by atoms with Crippen molar-refractivity contribution in [3.63, 3.8) is 0 Å². The van der Waals surface area contributed by atoms with Crippen LogP contribution in [0.25, 0.3) is 0 Å². The van der Waals surface area contributed by atoms with Crippen LogP contribution in [0.4, 0.5) is 4.39 Å². The molecule has 2 nitrogen and oxygen atoms in total. The van der Waals surface area contributed by atoms with E-state index in [1.165, 1.54) is 18.2 Å². The van der Waals surface area contributed by atoms with Gasteiger partial charge in [-0.3, -0.25) is 4.90 Å². The van der Waals surface area contributed by atoms with Crippen LogP contribution in [0.2, 0.25) is 0 Å². The lowest BCUT2D eigenvalue weighted by molar-refractivity contribution is 0.117. The summed E-state index contributed by atoms with van der Waals surface area (Å²) in [6.45, 7) is 11.1. The van der Waals surface area contributed by atoms with Crippen molar-refractivity contribution in [2.75, 3.05) is 32.7 Å². The summed E-state index contributed by atoms with van der Waals surface area (Å²) in [4.78, 5) is 4.97. The normalized spacial score (nSPS) is 18.2. The van der Waals surface area contributed by atoms with Gasteiger partial charge in [0.2, 0.25) is 0 Å². The Morgan fingerprint density at radius 1 is 1.16 bits per heavy atom. The average molecular weight is 329 g/mol. The molecule has 0 atom stereocenters. The molecule has 19 heavy (non-hydrogen) atoms. The Hall–Kier alpha value is -0.450. The van der Waals surface area contributed by atoms with E-state index in [9.17, 15) is 4.39 Å². The number of rotatable bonds is 4. The fourth-order valence-corrected chi connectivity index (χ4v) is 2.97. The van der Waals surface area contributed by atoms with Crippen LogP contribution >= 0.6 is 15.9 Å². The molecule has 1 saturated heterocycles. The first-order chi connectivity index (χ1) is 9.04. The molecule has 1 aliphatic rings. The minimum Gasteiger partial charge on any atom is -0.301 e. The molecule has 1 aliphatic heterocycles. The van der Waals surface area contributed by atoms with E-state index in [2.05, 4.69) is 39.6 Å². The number of nitrogens with zero attached hydrogens (tertiary/aromatic N) is 2. The topological polar surface area (TPSA) is 6.48 Å². The minimum atomic E-state index is -0.189. The monoisotopic (exact) mass is 328 g/mol. The van der Waals surface area contributed by atoms with Crippen molar-refractivity contribution < 1.29 is 4.39 Å². The Morgan fingerprint density at radius 3 is 2.37 bits per heavy atom. The molecular weight excluding hydrogens is 307 g/mol. The summed E-state index contributed by atoms with van der Waals surface area (Å²) in [6.07, 6.45) is 0. The molecule has 1 fully saturated rings. The highest BCUT2D eigenvalue weighted by molar-refractivity contribution is 9.10. The maximum atomic E-state index is 13.2. The lowest BCUT2D eigenvalue weighted by Crippen LogP contribution is -2.46. The second kappa shape index (κ2) is 6.82. The van der Waals surface area contributed by atoms with E-state index in [0.717, 1.165) is 38.6 Å². The van der Waals surface area contributed by atoms with E-state index in [1.54, 1.807) is 0 Å². The highest BCUT2D eigenvalue weighted by Gasteiger charge is 2.17. The van der Waals surface area contributed by atoms with Crippen LogP contribution in [0.15, 0.2) is 22.7 Å². The molecule has 0 bridgehead atoms. The molecule has 0 saturated carbocycles. The van der Waals surface area contributed by atoms with Crippen molar-refractivity contribution in [2.24, 2.45) is 5.92 Å². The second-order valence-electron chi connectivity index (χ2n) is 5.72. The molecule has 2 rings (SSSR count). The van der Waals surface area contributed by atoms with Crippen molar-refractivity contribution in [3.8, 4) is 0 Å². The smallest absolute Gasteiger partial charge is 0.137 e. The zero-order valence-electron chi connectivity index (χ0n) is 11.7. The summed E-state index contributed by atoms with van der Waals surface area (Å²) >= 11 is 3.25. The Bertz CT molecular complexity index is 415. The van der Waals surface area contributed by atoms with Crippen LogP contribution < -0.4 is 0 Å². The second-order valence-corrected chi connectivity index (χ2v) is 6.57. The van der Waals surface area contributed by atoms with Crippen LogP contribution in [-0.2, 0) is 6.54 Å². The van der Waals surface area contributed by atoms with Crippen LogP contribution in [0.3, 0.4) is 0 Å². The van der Waals surface area contributed by atoms with Gasteiger partial charge in [-0.05, 0) is 39.5 Å². The van der Waals surface area contributed by atoms with Gasteiger partial charge in [0, 0.05) is 39.3 Å². The highest BCUT2D eigenvalue weighted by atomic mass is 79.9. The number of hydrogen-bond donors (Lipinski definition) is 0. The molecule has 4 heteroatoms. The lowest BCUT2D eigenvalue weighted by atomic mass is 10.1. The number of benzene rings is 1. The summed E-state index contributed by atoms with van der Waals surface area (Å²) in [5.41, 5.74) is 1.17. The largest absolute Gasteiger partial charge is 0.301 e. The summed E-state index contributed by atoms with van der Waals surface area (Å²) in [5, 5.41) is 0.